The predicted molar refractivity (Wildman–Crippen MR) is 111 cm³/mol. The highest BCUT2D eigenvalue weighted by Crippen LogP contribution is 2.32. The van der Waals surface area contributed by atoms with E-state index in [1.165, 1.54) is 11.1 Å². The average Bonchev–Trinajstić information content (AvgIpc) is 2.66. The molecule has 0 unspecified atom stereocenters. The van der Waals surface area contributed by atoms with E-state index in [9.17, 15) is 4.79 Å². The summed E-state index contributed by atoms with van der Waals surface area (Å²) in [5.41, 5.74) is 4.11. The summed E-state index contributed by atoms with van der Waals surface area (Å²) < 4.78 is 10.5. The molecule has 2 aromatic carbocycles. The van der Waals surface area contributed by atoms with E-state index in [0.717, 1.165) is 5.69 Å². The van der Waals surface area contributed by atoms with Gasteiger partial charge >= 0.3 is 0 Å². The van der Waals surface area contributed by atoms with Gasteiger partial charge in [0.1, 0.15) is 11.5 Å². The highest BCUT2D eigenvalue weighted by Gasteiger charge is 2.15. The molecule has 146 valence electrons. The van der Waals surface area contributed by atoms with Crippen molar-refractivity contribution in [2.45, 2.75) is 39.5 Å². The lowest BCUT2D eigenvalue weighted by molar-refractivity contribution is -0.114. The fraction of sp³-hybridized carbons (Fsp3) is 0.409. The Kier molecular flexibility index (Phi) is 7.11. The zero-order chi connectivity index (χ0) is 20.0. The number of nitrogens with one attached hydrogen (secondary N) is 2. The maximum atomic E-state index is 12.5. The van der Waals surface area contributed by atoms with Gasteiger partial charge in [0.2, 0.25) is 5.91 Å². The van der Waals surface area contributed by atoms with Gasteiger partial charge in [-0.15, -0.1) is 0 Å². The molecule has 0 spiro atoms. The number of ether oxygens (including phenoxy) is 2. The van der Waals surface area contributed by atoms with Crippen LogP contribution in [0, 0.1) is 0 Å². The van der Waals surface area contributed by atoms with Crippen LogP contribution in [0.4, 0.5) is 11.4 Å². The van der Waals surface area contributed by atoms with Gasteiger partial charge < -0.3 is 20.1 Å². The molecule has 0 aromatic heterocycles. The van der Waals surface area contributed by atoms with Crippen LogP contribution < -0.4 is 20.1 Å². The Bertz CT molecular complexity index is 759. The van der Waals surface area contributed by atoms with Gasteiger partial charge in [-0.1, -0.05) is 45.9 Å². The summed E-state index contributed by atoms with van der Waals surface area (Å²) in [5, 5.41) is 6.25. The normalized spacial score (nSPS) is 10.8. The number of methoxy groups -OCH3 is 2. The number of rotatable bonds is 8. The number of carbonyl (C=O) groups excluding carboxylic acids is 1. The molecule has 0 bridgehead atoms. The minimum Gasteiger partial charge on any atom is -0.497 e. The number of anilines is 2. The van der Waals surface area contributed by atoms with Gasteiger partial charge in [-0.25, -0.2) is 0 Å². The van der Waals surface area contributed by atoms with Crippen molar-refractivity contribution < 1.29 is 14.3 Å². The molecule has 0 aliphatic carbocycles. The summed E-state index contributed by atoms with van der Waals surface area (Å²) in [6, 6.07) is 11.6. The Morgan fingerprint density at radius 3 is 2.11 bits per heavy atom. The number of carbonyl (C=O) groups is 1. The molecule has 2 aromatic rings. The number of hydrogen-bond donors (Lipinski definition) is 2. The third-order valence-electron chi connectivity index (χ3n) is 4.48. The summed E-state index contributed by atoms with van der Waals surface area (Å²) in [5.74, 6) is 1.85. The van der Waals surface area contributed by atoms with E-state index >= 15 is 0 Å². The Morgan fingerprint density at radius 2 is 1.59 bits per heavy atom. The Hall–Kier alpha value is -2.69. The quantitative estimate of drug-likeness (QED) is 0.686. The second-order valence-corrected chi connectivity index (χ2v) is 7.09. The third kappa shape index (κ3) is 5.16. The van der Waals surface area contributed by atoms with Crippen LogP contribution in [-0.2, 0) is 4.79 Å². The first-order valence-electron chi connectivity index (χ1n) is 9.25. The molecule has 0 saturated heterocycles. The number of para-hydroxylation sites is 1. The lowest BCUT2D eigenvalue weighted by Gasteiger charge is -2.21. The van der Waals surface area contributed by atoms with Crippen LogP contribution in [0.2, 0.25) is 0 Å². The molecule has 2 rings (SSSR count). The lowest BCUT2D eigenvalue weighted by Crippen LogP contribution is -2.23. The van der Waals surface area contributed by atoms with Gasteiger partial charge in [0.05, 0.1) is 26.5 Å². The first-order chi connectivity index (χ1) is 12.9. The topological polar surface area (TPSA) is 59.6 Å². The maximum Gasteiger partial charge on any atom is 0.243 e. The Balaban J connectivity index is 2.15. The second-order valence-electron chi connectivity index (χ2n) is 7.09. The highest BCUT2D eigenvalue weighted by atomic mass is 16.5. The van der Waals surface area contributed by atoms with Crippen molar-refractivity contribution in [3.8, 4) is 11.5 Å². The lowest BCUT2D eigenvalue weighted by atomic mass is 9.92. The minimum atomic E-state index is -0.133. The van der Waals surface area contributed by atoms with Crippen LogP contribution in [0.15, 0.2) is 36.4 Å². The summed E-state index contributed by atoms with van der Waals surface area (Å²) in [6.45, 7) is 8.82. The molecule has 5 nitrogen and oxygen atoms in total. The zero-order valence-electron chi connectivity index (χ0n) is 17.1. The fourth-order valence-corrected chi connectivity index (χ4v) is 3.02. The van der Waals surface area contributed by atoms with Crippen molar-refractivity contribution in [1.29, 1.82) is 0 Å². The van der Waals surface area contributed by atoms with E-state index in [1.807, 2.05) is 0 Å². The van der Waals surface area contributed by atoms with Gasteiger partial charge in [0.15, 0.2) is 0 Å². The smallest absolute Gasteiger partial charge is 0.243 e. The number of hydrogen-bond acceptors (Lipinski definition) is 4. The van der Waals surface area contributed by atoms with Crippen LogP contribution in [0.1, 0.15) is 50.7 Å². The van der Waals surface area contributed by atoms with E-state index in [-0.39, 0.29) is 12.5 Å². The van der Waals surface area contributed by atoms with Gasteiger partial charge in [0, 0.05) is 11.8 Å². The molecular weight excluding hydrogens is 340 g/mol. The van der Waals surface area contributed by atoms with Crippen molar-refractivity contribution >= 4 is 17.3 Å². The van der Waals surface area contributed by atoms with E-state index in [0.29, 0.717) is 29.0 Å². The molecule has 0 radical (unpaired) electrons. The standard InChI is InChI=1S/C22H30N2O3/c1-14(2)17-8-7-9-18(15(3)4)22(17)23-13-21(25)24-19-11-10-16(26-5)12-20(19)27-6/h7-12,14-15,23H,13H2,1-6H3,(H,24,25). The summed E-state index contributed by atoms with van der Waals surface area (Å²) in [7, 11) is 3.16. The highest BCUT2D eigenvalue weighted by molar-refractivity contribution is 5.95. The van der Waals surface area contributed by atoms with Gasteiger partial charge in [0.25, 0.3) is 0 Å². The van der Waals surface area contributed by atoms with E-state index in [2.05, 4.69) is 56.5 Å². The predicted octanol–water partition coefficient (Wildman–Crippen LogP) is 5.00. The van der Waals surface area contributed by atoms with Crippen LogP contribution in [0.25, 0.3) is 0 Å². The third-order valence-corrected chi connectivity index (χ3v) is 4.48. The summed E-state index contributed by atoms with van der Waals surface area (Å²) in [4.78, 5) is 12.5. The number of benzene rings is 2. The first-order valence-corrected chi connectivity index (χ1v) is 9.25. The van der Waals surface area contributed by atoms with Crippen LogP contribution in [0.3, 0.4) is 0 Å². The van der Waals surface area contributed by atoms with Crippen molar-refractivity contribution in [2.24, 2.45) is 0 Å². The monoisotopic (exact) mass is 370 g/mol. The van der Waals surface area contributed by atoms with E-state index in [4.69, 9.17) is 9.47 Å². The van der Waals surface area contributed by atoms with E-state index in [1.54, 1.807) is 32.4 Å². The molecule has 0 atom stereocenters. The van der Waals surface area contributed by atoms with Crippen molar-refractivity contribution in [2.75, 3.05) is 31.4 Å². The SMILES string of the molecule is COc1ccc(NC(=O)CNc2c(C(C)C)cccc2C(C)C)c(OC)c1. The van der Waals surface area contributed by atoms with Gasteiger partial charge in [-0.2, -0.15) is 0 Å². The Labute approximate surface area is 162 Å². The molecule has 5 heteroatoms. The van der Waals surface area contributed by atoms with Crippen LogP contribution in [0.5, 0.6) is 11.5 Å². The largest absolute Gasteiger partial charge is 0.497 e. The Morgan fingerprint density at radius 1 is 0.963 bits per heavy atom. The molecule has 0 heterocycles. The van der Waals surface area contributed by atoms with Gasteiger partial charge in [-0.05, 0) is 35.1 Å². The molecule has 0 aliphatic rings. The van der Waals surface area contributed by atoms with E-state index < -0.39 is 0 Å². The minimum absolute atomic E-state index is 0.133. The fourth-order valence-electron chi connectivity index (χ4n) is 3.02. The molecule has 1 amide bonds. The number of amides is 1. The second kappa shape index (κ2) is 9.31. The molecule has 0 fully saturated rings. The summed E-state index contributed by atoms with van der Waals surface area (Å²) in [6.07, 6.45) is 0. The van der Waals surface area contributed by atoms with Crippen molar-refractivity contribution in [3.05, 3.63) is 47.5 Å². The molecule has 2 N–H and O–H groups in total. The van der Waals surface area contributed by atoms with Gasteiger partial charge in [-0.3, -0.25) is 4.79 Å². The molecule has 0 saturated carbocycles. The van der Waals surface area contributed by atoms with Crippen LogP contribution in [-0.4, -0.2) is 26.7 Å². The molecule has 0 aliphatic heterocycles. The molecule has 27 heavy (non-hydrogen) atoms. The summed E-state index contributed by atoms with van der Waals surface area (Å²) >= 11 is 0. The van der Waals surface area contributed by atoms with Crippen molar-refractivity contribution in [3.63, 3.8) is 0 Å². The first kappa shape index (κ1) is 20.6. The molecular formula is C22H30N2O3. The average molecular weight is 370 g/mol. The van der Waals surface area contributed by atoms with Crippen molar-refractivity contribution in [1.82, 2.24) is 0 Å². The zero-order valence-corrected chi connectivity index (χ0v) is 17.1. The maximum absolute atomic E-state index is 12.5. The van der Waals surface area contributed by atoms with Crippen LogP contribution >= 0.6 is 0 Å².